The lowest BCUT2D eigenvalue weighted by molar-refractivity contribution is -0.384. The molecule has 1 saturated carbocycles. The maximum Gasteiger partial charge on any atom is 0.338 e. The number of carbonyl (C=O) groups excluding carboxylic acids is 3. The number of carbonyl (C=O) groups is 3. The zero-order chi connectivity index (χ0) is 21.8. The van der Waals surface area contributed by atoms with Crippen molar-refractivity contribution >= 4 is 29.2 Å². The molecule has 2 aromatic rings. The molecule has 0 unspecified atom stereocenters. The molecule has 0 spiro atoms. The van der Waals surface area contributed by atoms with Gasteiger partial charge in [-0.25, -0.2) is 4.79 Å². The van der Waals surface area contributed by atoms with E-state index in [4.69, 9.17) is 4.74 Å². The van der Waals surface area contributed by atoms with Crippen LogP contribution in [0.5, 0.6) is 0 Å². The summed E-state index contributed by atoms with van der Waals surface area (Å²) in [4.78, 5) is 47.5. The number of nitrogens with one attached hydrogen (secondary N) is 2. The average molecular weight is 411 g/mol. The number of nitro groups is 1. The number of benzene rings is 2. The van der Waals surface area contributed by atoms with Crippen molar-refractivity contribution in [1.29, 1.82) is 0 Å². The summed E-state index contributed by atoms with van der Waals surface area (Å²) in [5.41, 5.74) is 0.939. The molecule has 9 nitrogen and oxygen atoms in total. The zero-order valence-electron chi connectivity index (χ0n) is 16.6. The standard InChI is InChI=1S/C21H21N3O6/c1-3-30-21(27)15-8-14(9-17(10-15)24(28)29)20(26)23-18-11-13(5-4-12(18)2)19(25)22-16-6-7-16/h4-5,8-11,16H,3,6-7H2,1-2H3,(H,22,25)(H,23,26). The molecule has 30 heavy (non-hydrogen) atoms. The van der Waals surface area contributed by atoms with Gasteiger partial charge < -0.3 is 15.4 Å². The van der Waals surface area contributed by atoms with E-state index >= 15 is 0 Å². The molecule has 0 aromatic heterocycles. The second kappa shape index (κ2) is 8.73. The van der Waals surface area contributed by atoms with E-state index in [-0.39, 0.29) is 29.7 Å². The van der Waals surface area contributed by atoms with Crippen LogP contribution in [0.25, 0.3) is 0 Å². The number of aryl methyl sites for hydroxylation is 1. The maximum atomic E-state index is 12.8. The van der Waals surface area contributed by atoms with E-state index in [1.807, 2.05) is 0 Å². The third-order valence-electron chi connectivity index (χ3n) is 4.56. The lowest BCUT2D eigenvalue weighted by Gasteiger charge is -2.12. The first kappa shape index (κ1) is 21.0. The highest BCUT2D eigenvalue weighted by Crippen LogP contribution is 2.23. The summed E-state index contributed by atoms with van der Waals surface area (Å²) in [5.74, 6) is -1.63. The SMILES string of the molecule is CCOC(=O)c1cc(C(=O)Nc2cc(C(=O)NC3CC3)ccc2C)cc([N+](=O)[O-])c1. The summed E-state index contributed by atoms with van der Waals surface area (Å²) >= 11 is 0. The molecule has 1 aliphatic rings. The molecule has 0 radical (unpaired) electrons. The van der Waals surface area contributed by atoms with Gasteiger partial charge in [0.05, 0.1) is 17.1 Å². The fraction of sp³-hybridized carbons (Fsp3) is 0.286. The van der Waals surface area contributed by atoms with E-state index in [1.54, 1.807) is 32.0 Å². The number of rotatable bonds is 7. The number of esters is 1. The van der Waals surface area contributed by atoms with Crippen LogP contribution < -0.4 is 10.6 Å². The topological polar surface area (TPSA) is 128 Å². The van der Waals surface area contributed by atoms with Gasteiger partial charge >= 0.3 is 5.97 Å². The van der Waals surface area contributed by atoms with E-state index < -0.39 is 22.5 Å². The van der Waals surface area contributed by atoms with Gasteiger partial charge in [-0.3, -0.25) is 19.7 Å². The van der Waals surface area contributed by atoms with E-state index in [1.165, 1.54) is 6.07 Å². The van der Waals surface area contributed by atoms with Gasteiger partial charge in [0.1, 0.15) is 0 Å². The van der Waals surface area contributed by atoms with E-state index in [9.17, 15) is 24.5 Å². The molecule has 0 aliphatic heterocycles. The van der Waals surface area contributed by atoms with Crippen LogP contribution in [-0.2, 0) is 4.74 Å². The highest BCUT2D eigenvalue weighted by atomic mass is 16.6. The third-order valence-corrected chi connectivity index (χ3v) is 4.56. The molecule has 9 heteroatoms. The van der Waals surface area contributed by atoms with Crippen molar-refractivity contribution in [3.63, 3.8) is 0 Å². The summed E-state index contributed by atoms with van der Waals surface area (Å²) in [6.07, 6.45) is 1.91. The van der Waals surface area contributed by atoms with Gasteiger partial charge in [0.2, 0.25) is 0 Å². The first-order valence-electron chi connectivity index (χ1n) is 9.48. The number of non-ortho nitro benzene ring substituents is 1. The minimum Gasteiger partial charge on any atom is -0.462 e. The molecule has 0 bridgehead atoms. The number of ether oxygens (including phenoxy) is 1. The molecule has 2 amide bonds. The molecule has 0 atom stereocenters. The minimum atomic E-state index is -0.759. The monoisotopic (exact) mass is 411 g/mol. The molecular formula is C21H21N3O6. The fourth-order valence-electron chi connectivity index (χ4n) is 2.77. The van der Waals surface area contributed by atoms with Gasteiger partial charge in [-0.2, -0.15) is 0 Å². The van der Waals surface area contributed by atoms with Crippen molar-refractivity contribution in [3.8, 4) is 0 Å². The first-order valence-corrected chi connectivity index (χ1v) is 9.48. The van der Waals surface area contributed by atoms with Crippen LogP contribution in [0.1, 0.15) is 56.4 Å². The van der Waals surface area contributed by atoms with Crippen LogP contribution in [0.3, 0.4) is 0 Å². The minimum absolute atomic E-state index is 0.0699. The zero-order valence-corrected chi connectivity index (χ0v) is 16.6. The molecule has 2 N–H and O–H groups in total. The van der Waals surface area contributed by atoms with Crippen LogP contribution >= 0.6 is 0 Å². The number of hydrogen-bond acceptors (Lipinski definition) is 6. The Hall–Kier alpha value is -3.75. The lowest BCUT2D eigenvalue weighted by Crippen LogP contribution is -2.25. The fourth-order valence-corrected chi connectivity index (χ4v) is 2.77. The van der Waals surface area contributed by atoms with Crippen molar-refractivity contribution in [2.24, 2.45) is 0 Å². The van der Waals surface area contributed by atoms with Crippen LogP contribution in [0, 0.1) is 17.0 Å². The van der Waals surface area contributed by atoms with Gasteiger partial charge in [-0.15, -0.1) is 0 Å². The first-order chi connectivity index (χ1) is 14.3. The Morgan fingerprint density at radius 3 is 2.40 bits per heavy atom. The molecule has 0 heterocycles. The molecular weight excluding hydrogens is 390 g/mol. The van der Waals surface area contributed by atoms with Gasteiger partial charge in [-0.05, 0) is 50.5 Å². The predicted molar refractivity (Wildman–Crippen MR) is 109 cm³/mol. The summed E-state index contributed by atoms with van der Waals surface area (Å²) in [6.45, 7) is 3.46. The van der Waals surface area contributed by atoms with Crippen molar-refractivity contribution < 1.29 is 24.0 Å². The van der Waals surface area contributed by atoms with Crippen molar-refractivity contribution in [2.45, 2.75) is 32.7 Å². The van der Waals surface area contributed by atoms with Crippen LogP contribution in [0.2, 0.25) is 0 Å². The molecule has 3 rings (SSSR count). The highest BCUT2D eigenvalue weighted by Gasteiger charge is 2.24. The summed E-state index contributed by atoms with van der Waals surface area (Å²) in [6, 6.07) is 8.49. The van der Waals surface area contributed by atoms with Crippen molar-refractivity contribution in [2.75, 3.05) is 11.9 Å². The van der Waals surface area contributed by atoms with Crippen LogP contribution in [-0.4, -0.2) is 35.4 Å². The summed E-state index contributed by atoms with van der Waals surface area (Å²) in [5, 5.41) is 16.7. The summed E-state index contributed by atoms with van der Waals surface area (Å²) in [7, 11) is 0. The normalized spacial score (nSPS) is 12.7. The highest BCUT2D eigenvalue weighted by molar-refractivity contribution is 6.07. The quantitative estimate of drug-likeness (QED) is 0.409. The van der Waals surface area contributed by atoms with Crippen LogP contribution in [0.4, 0.5) is 11.4 Å². The van der Waals surface area contributed by atoms with Gasteiger partial charge in [0.25, 0.3) is 17.5 Å². The lowest BCUT2D eigenvalue weighted by atomic mass is 10.1. The van der Waals surface area contributed by atoms with Gasteiger partial charge in [0, 0.05) is 35.0 Å². The Balaban J connectivity index is 1.86. The van der Waals surface area contributed by atoms with Gasteiger partial charge in [0.15, 0.2) is 0 Å². The Morgan fingerprint density at radius 2 is 1.77 bits per heavy atom. The van der Waals surface area contributed by atoms with Crippen LogP contribution in [0.15, 0.2) is 36.4 Å². The number of hydrogen-bond donors (Lipinski definition) is 2. The molecule has 156 valence electrons. The largest absolute Gasteiger partial charge is 0.462 e. The third kappa shape index (κ3) is 4.99. The number of anilines is 1. The second-order valence-electron chi connectivity index (χ2n) is 6.98. The van der Waals surface area contributed by atoms with Crippen molar-refractivity contribution in [1.82, 2.24) is 5.32 Å². The van der Waals surface area contributed by atoms with E-state index in [0.717, 1.165) is 25.0 Å². The average Bonchev–Trinajstić information content (AvgIpc) is 3.53. The van der Waals surface area contributed by atoms with Gasteiger partial charge in [-0.1, -0.05) is 6.07 Å². The Labute approximate surface area is 172 Å². The molecule has 1 aliphatic carbocycles. The Kier molecular flexibility index (Phi) is 6.10. The summed E-state index contributed by atoms with van der Waals surface area (Å²) < 4.78 is 4.88. The van der Waals surface area contributed by atoms with Crippen molar-refractivity contribution in [3.05, 3.63) is 68.8 Å². The van der Waals surface area contributed by atoms with E-state index in [2.05, 4.69) is 10.6 Å². The Morgan fingerprint density at radius 1 is 1.07 bits per heavy atom. The molecule has 2 aromatic carbocycles. The smallest absolute Gasteiger partial charge is 0.338 e. The second-order valence-corrected chi connectivity index (χ2v) is 6.98. The number of nitro benzene ring substituents is 1. The Bertz CT molecular complexity index is 1030. The predicted octanol–water partition coefficient (Wildman–Crippen LogP) is 3.22. The number of amides is 2. The number of nitrogens with zero attached hydrogens (tertiary/aromatic N) is 1. The molecule has 1 fully saturated rings. The molecule has 0 saturated heterocycles. The maximum absolute atomic E-state index is 12.8. The van der Waals surface area contributed by atoms with E-state index in [0.29, 0.717) is 16.8 Å².